The van der Waals surface area contributed by atoms with Crippen LogP contribution in [0.15, 0.2) is 0 Å². The van der Waals surface area contributed by atoms with Crippen molar-refractivity contribution in [1.29, 1.82) is 0 Å². The molecule has 0 saturated carbocycles. The van der Waals surface area contributed by atoms with Crippen molar-refractivity contribution in [2.75, 3.05) is 5.33 Å². The predicted molar refractivity (Wildman–Crippen MR) is 49.4 cm³/mol. The van der Waals surface area contributed by atoms with Gasteiger partial charge in [-0.15, -0.1) is 0 Å². The first-order valence-corrected chi connectivity index (χ1v) is 5.51. The highest BCUT2D eigenvalue weighted by molar-refractivity contribution is 9.10. The van der Waals surface area contributed by atoms with E-state index in [2.05, 4.69) is 31.9 Å². The fraction of sp³-hybridized carbons (Fsp3) is 1.00. The minimum absolute atomic E-state index is 0.335. The van der Waals surface area contributed by atoms with Gasteiger partial charge in [-0.2, -0.15) is 0 Å². The summed E-state index contributed by atoms with van der Waals surface area (Å²) < 4.78 is 4.98. The lowest BCUT2D eigenvalue weighted by Crippen LogP contribution is -2.55. The molecule has 6 heteroatoms. The van der Waals surface area contributed by atoms with Gasteiger partial charge in [-0.05, 0) is 0 Å². The highest BCUT2D eigenvalue weighted by atomic mass is 79.9. The summed E-state index contributed by atoms with van der Waals surface area (Å²) in [5, 5.41) is 28.1. The Hall–Kier alpha value is 0.800. The largest absolute Gasteiger partial charge is 0.389 e. The fourth-order valence-electron chi connectivity index (χ4n) is 1.03. The van der Waals surface area contributed by atoms with Crippen molar-refractivity contribution in [2.45, 2.75) is 29.4 Å². The minimum Gasteiger partial charge on any atom is -0.389 e. The third kappa shape index (κ3) is 2.00. The third-order valence-corrected chi connectivity index (χ3v) is 3.56. The predicted octanol–water partition coefficient (Wildman–Crippen LogP) is -0.416. The molecule has 0 aromatic carbocycles. The highest BCUT2D eigenvalue weighted by Gasteiger charge is 2.41. The van der Waals surface area contributed by atoms with E-state index in [0.717, 1.165) is 0 Å². The Morgan fingerprint density at radius 3 is 2.25 bits per heavy atom. The molecule has 0 aromatic rings. The van der Waals surface area contributed by atoms with Gasteiger partial charge in [0, 0.05) is 5.33 Å². The van der Waals surface area contributed by atoms with Crippen LogP contribution in [0.3, 0.4) is 0 Å². The second kappa shape index (κ2) is 4.34. The van der Waals surface area contributed by atoms with Gasteiger partial charge in [0.05, 0.1) is 17.0 Å². The molecular formula is C6H10Br2O4. The van der Waals surface area contributed by atoms with Crippen LogP contribution in [0.1, 0.15) is 0 Å². The lowest BCUT2D eigenvalue weighted by molar-refractivity contribution is -0.237. The van der Waals surface area contributed by atoms with Crippen LogP contribution in [0.25, 0.3) is 0 Å². The second-order valence-corrected chi connectivity index (χ2v) is 4.35. The van der Waals surface area contributed by atoms with Crippen molar-refractivity contribution in [1.82, 2.24) is 0 Å². The maximum atomic E-state index is 9.36. The van der Waals surface area contributed by atoms with Crippen molar-refractivity contribution < 1.29 is 20.1 Å². The molecule has 1 aliphatic rings. The molecule has 4 nitrogen and oxygen atoms in total. The van der Waals surface area contributed by atoms with Gasteiger partial charge >= 0.3 is 0 Å². The molecule has 72 valence electrons. The van der Waals surface area contributed by atoms with Crippen LogP contribution in [0.4, 0.5) is 0 Å². The molecule has 0 radical (unpaired) electrons. The fourth-order valence-corrected chi connectivity index (χ4v) is 2.71. The summed E-state index contributed by atoms with van der Waals surface area (Å²) in [5.74, 6) is 0. The molecule has 1 rings (SSSR count). The molecule has 1 fully saturated rings. The van der Waals surface area contributed by atoms with Gasteiger partial charge in [0.15, 0.2) is 6.29 Å². The third-order valence-electron chi connectivity index (χ3n) is 1.79. The number of aliphatic hydroxyl groups is 3. The second-order valence-electron chi connectivity index (χ2n) is 2.65. The molecule has 0 amide bonds. The van der Waals surface area contributed by atoms with Gasteiger partial charge in [0.25, 0.3) is 0 Å². The molecule has 0 bridgehead atoms. The maximum Gasteiger partial charge on any atom is 0.183 e. The van der Waals surface area contributed by atoms with Crippen molar-refractivity contribution in [3.05, 3.63) is 0 Å². The minimum atomic E-state index is -1.31. The Balaban J connectivity index is 2.63. The highest BCUT2D eigenvalue weighted by Crippen LogP contribution is 2.26. The van der Waals surface area contributed by atoms with E-state index in [-0.39, 0.29) is 10.9 Å². The SMILES string of the molecule is O[C@@H]1[C@@H](O)[C@@H](O)O[C@H](CBr)[C@@H]1Br. The van der Waals surface area contributed by atoms with Gasteiger partial charge in [-0.25, -0.2) is 0 Å². The van der Waals surface area contributed by atoms with E-state index >= 15 is 0 Å². The average Bonchev–Trinajstić information content (AvgIpc) is 2.08. The first kappa shape index (κ1) is 10.9. The molecule has 0 aliphatic carbocycles. The summed E-state index contributed by atoms with van der Waals surface area (Å²) in [7, 11) is 0. The van der Waals surface area contributed by atoms with Crippen LogP contribution in [0.2, 0.25) is 0 Å². The molecule has 5 atom stereocenters. The summed E-state index contributed by atoms with van der Waals surface area (Å²) in [5.41, 5.74) is 0. The molecule has 1 aliphatic heterocycles. The first-order valence-electron chi connectivity index (χ1n) is 3.47. The Bertz CT molecular complexity index is 152. The molecule has 0 unspecified atom stereocenters. The monoisotopic (exact) mass is 304 g/mol. The smallest absolute Gasteiger partial charge is 0.183 e. The summed E-state index contributed by atoms with van der Waals surface area (Å²) in [6, 6.07) is 0. The number of rotatable bonds is 1. The molecule has 0 spiro atoms. The van der Waals surface area contributed by atoms with Gasteiger partial charge < -0.3 is 20.1 Å². The van der Waals surface area contributed by atoms with E-state index in [9.17, 15) is 5.11 Å². The zero-order valence-corrected chi connectivity index (χ0v) is 9.27. The van der Waals surface area contributed by atoms with Crippen molar-refractivity contribution in [3.8, 4) is 0 Å². The summed E-state index contributed by atoms with van der Waals surface area (Å²) in [4.78, 5) is -0.365. The van der Waals surface area contributed by atoms with Crippen molar-refractivity contribution in [2.24, 2.45) is 0 Å². The van der Waals surface area contributed by atoms with Crippen LogP contribution < -0.4 is 0 Å². The zero-order valence-electron chi connectivity index (χ0n) is 6.10. The van der Waals surface area contributed by atoms with Crippen LogP contribution in [-0.2, 0) is 4.74 Å². The number of halogens is 2. The van der Waals surface area contributed by atoms with E-state index in [1.165, 1.54) is 0 Å². The molecule has 1 heterocycles. The van der Waals surface area contributed by atoms with Crippen LogP contribution in [-0.4, -0.2) is 50.1 Å². The normalized spacial score (nSPS) is 49.2. The van der Waals surface area contributed by atoms with Crippen LogP contribution in [0.5, 0.6) is 0 Å². The summed E-state index contributed by atoms with van der Waals surface area (Å²) >= 11 is 6.34. The Kier molecular flexibility index (Phi) is 3.94. The van der Waals surface area contributed by atoms with E-state index < -0.39 is 18.5 Å². The molecule has 3 N–H and O–H groups in total. The van der Waals surface area contributed by atoms with E-state index in [1.54, 1.807) is 0 Å². The quantitative estimate of drug-likeness (QED) is 0.576. The van der Waals surface area contributed by atoms with Gasteiger partial charge in [-0.1, -0.05) is 31.9 Å². The van der Waals surface area contributed by atoms with Crippen LogP contribution in [0, 0.1) is 0 Å². The topological polar surface area (TPSA) is 69.9 Å². The average molecular weight is 306 g/mol. The molecular weight excluding hydrogens is 296 g/mol. The summed E-state index contributed by atoms with van der Waals surface area (Å²) in [6.07, 6.45) is -3.89. The van der Waals surface area contributed by atoms with Gasteiger partial charge in [0.1, 0.15) is 6.10 Å². The van der Waals surface area contributed by atoms with Crippen molar-refractivity contribution in [3.63, 3.8) is 0 Å². The standard InChI is InChI=1S/C6H10Br2O4/c7-1-2-3(8)4(9)5(10)6(11)12-2/h2-6,9-11H,1H2/t2-,3+,4+,5-,6+/m1/s1. The maximum absolute atomic E-state index is 9.36. The van der Waals surface area contributed by atoms with Gasteiger partial charge in [0.2, 0.25) is 0 Å². The number of hydrogen-bond donors (Lipinski definition) is 3. The Labute approximate surface area is 86.8 Å². The van der Waals surface area contributed by atoms with Crippen molar-refractivity contribution >= 4 is 31.9 Å². The zero-order chi connectivity index (χ0) is 9.30. The molecule has 0 aromatic heterocycles. The van der Waals surface area contributed by atoms with E-state index in [0.29, 0.717) is 5.33 Å². The lowest BCUT2D eigenvalue weighted by Gasteiger charge is -2.37. The Morgan fingerprint density at radius 1 is 1.17 bits per heavy atom. The number of aliphatic hydroxyl groups excluding tert-OH is 3. The summed E-state index contributed by atoms with van der Waals surface area (Å²) in [6.45, 7) is 0. The molecule has 1 saturated heterocycles. The van der Waals surface area contributed by atoms with E-state index in [1.807, 2.05) is 0 Å². The van der Waals surface area contributed by atoms with E-state index in [4.69, 9.17) is 14.9 Å². The lowest BCUT2D eigenvalue weighted by atomic mass is 10.0. The van der Waals surface area contributed by atoms with Crippen LogP contribution >= 0.6 is 31.9 Å². The number of hydrogen-bond acceptors (Lipinski definition) is 4. The molecule has 12 heavy (non-hydrogen) atoms. The first-order chi connectivity index (χ1) is 5.57. The Morgan fingerprint density at radius 2 is 1.75 bits per heavy atom. The van der Waals surface area contributed by atoms with Gasteiger partial charge in [-0.3, -0.25) is 0 Å². The number of ether oxygens (including phenoxy) is 1. The number of alkyl halides is 2.